The summed E-state index contributed by atoms with van der Waals surface area (Å²) in [6.45, 7) is 2.46. The number of rotatable bonds is 8. The number of ketones is 1. The van der Waals surface area contributed by atoms with Crippen LogP contribution in [-0.2, 0) is 10.2 Å². The lowest BCUT2D eigenvalue weighted by Gasteiger charge is -2.30. The molecule has 0 atom stereocenters. The average molecular weight is 365 g/mol. The number of Topliss-reactive ketones (excluding diaryl/α,β-unsaturated/α-hetero) is 1. The number of carbonyl (C=O) groups is 2. The summed E-state index contributed by atoms with van der Waals surface area (Å²) in [5.74, 6) is 0.574. The minimum absolute atomic E-state index is 0.0219. The fourth-order valence-corrected chi connectivity index (χ4v) is 3.82. The van der Waals surface area contributed by atoms with Crippen molar-refractivity contribution in [2.75, 3.05) is 13.2 Å². The monoisotopic (exact) mass is 365 g/mol. The Morgan fingerprint density at radius 1 is 1.00 bits per heavy atom. The lowest BCUT2D eigenvalue weighted by molar-refractivity contribution is -0.123. The van der Waals surface area contributed by atoms with E-state index >= 15 is 0 Å². The van der Waals surface area contributed by atoms with Gasteiger partial charge in [-0.15, -0.1) is 0 Å². The molecule has 1 aliphatic carbocycles. The Balaban J connectivity index is 1.52. The van der Waals surface area contributed by atoms with Crippen LogP contribution >= 0.6 is 0 Å². The molecule has 0 heterocycles. The van der Waals surface area contributed by atoms with Crippen molar-refractivity contribution in [1.29, 1.82) is 0 Å². The van der Waals surface area contributed by atoms with Gasteiger partial charge >= 0.3 is 0 Å². The molecule has 1 fully saturated rings. The third-order valence-electron chi connectivity index (χ3n) is 5.44. The summed E-state index contributed by atoms with van der Waals surface area (Å²) in [7, 11) is 0. The van der Waals surface area contributed by atoms with E-state index in [1.807, 2.05) is 13.0 Å². The zero-order valence-corrected chi connectivity index (χ0v) is 15.9. The molecule has 142 valence electrons. The van der Waals surface area contributed by atoms with E-state index in [4.69, 9.17) is 4.74 Å². The van der Waals surface area contributed by atoms with E-state index < -0.39 is 0 Å². The Labute approximate surface area is 160 Å². The smallest absolute Gasteiger partial charge is 0.257 e. The average Bonchev–Trinajstić information content (AvgIpc) is 3.21. The molecule has 1 saturated carbocycles. The summed E-state index contributed by atoms with van der Waals surface area (Å²) >= 11 is 0. The third-order valence-corrected chi connectivity index (χ3v) is 5.44. The van der Waals surface area contributed by atoms with Crippen LogP contribution in [0.5, 0.6) is 5.75 Å². The summed E-state index contributed by atoms with van der Waals surface area (Å²) in [5.41, 5.74) is 2.01. The number of hydrogen-bond acceptors (Lipinski definition) is 3. The lowest BCUT2D eigenvalue weighted by Crippen LogP contribution is -2.40. The van der Waals surface area contributed by atoms with E-state index in [-0.39, 0.29) is 23.7 Å². The van der Waals surface area contributed by atoms with Gasteiger partial charge in [0, 0.05) is 23.9 Å². The summed E-state index contributed by atoms with van der Waals surface area (Å²) in [6, 6.07) is 17.4. The lowest BCUT2D eigenvalue weighted by atomic mass is 9.79. The molecular formula is C23H27NO3. The van der Waals surface area contributed by atoms with E-state index in [0.29, 0.717) is 24.3 Å². The number of hydrogen-bond donors (Lipinski definition) is 1. The molecule has 0 aliphatic heterocycles. The summed E-state index contributed by atoms with van der Waals surface area (Å²) in [4.78, 5) is 23.9. The van der Waals surface area contributed by atoms with Gasteiger partial charge in [-0.05, 0) is 42.7 Å². The molecule has 0 spiro atoms. The van der Waals surface area contributed by atoms with Crippen molar-refractivity contribution in [3.63, 3.8) is 0 Å². The molecule has 3 rings (SSSR count). The Bertz CT molecular complexity index is 762. The van der Waals surface area contributed by atoms with Crippen LogP contribution in [0.1, 0.15) is 54.9 Å². The maximum absolute atomic E-state index is 12.3. The number of carbonyl (C=O) groups excluding carboxylic acids is 2. The van der Waals surface area contributed by atoms with Crippen molar-refractivity contribution in [3.05, 3.63) is 65.7 Å². The second-order valence-electron chi connectivity index (χ2n) is 7.22. The first-order chi connectivity index (χ1) is 13.1. The zero-order valence-electron chi connectivity index (χ0n) is 15.9. The Morgan fingerprint density at radius 3 is 2.30 bits per heavy atom. The molecular weight excluding hydrogens is 338 g/mol. The van der Waals surface area contributed by atoms with Crippen molar-refractivity contribution in [2.45, 2.75) is 44.4 Å². The summed E-state index contributed by atoms with van der Waals surface area (Å²) < 4.78 is 5.57. The number of nitrogens with one attached hydrogen (secondary N) is 1. The highest BCUT2D eigenvalue weighted by atomic mass is 16.5. The first-order valence-electron chi connectivity index (χ1n) is 9.71. The van der Waals surface area contributed by atoms with Gasteiger partial charge in [-0.2, -0.15) is 0 Å². The molecule has 1 amide bonds. The molecule has 0 bridgehead atoms. The van der Waals surface area contributed by atoms with Gasteiger partial charge in [-0.25, -0.2) is 0 Å². The van der Waals surface area contributed by atoms with Crippen LogP contribution in [0.15, 0.2) is 54.6 Å². The predicted octanol–water partition coefficient (Wildman–Crippen LogP) is 4.29. The van der Waals surface area contributed by atoms with Gasteiger partial charge in [0.05, 0.1) is 0 Å². The second-order valence-corrected chi connectivity index (χ2v) is 7.22. The first kappa shape index (κ1) is 19.2. The Kier molecular flexibility index (Phi) is 6.28. The molecule has 0 saturated heterocycles. The largest absolute Gasteiger partial charge is 0.484 e. The minimum Gasteiger partial charge on any atom is -0.484 e. The van der Waals surface area contributed by atoms with Crippen molar-refractivity contribution >= 4 is 11.7 Å². The molecule has 0 aromatic heterocycles. The maximum Gasteiger partial charge on any atom is 0.257 e. The maximum atomic E-state index is 12.3. The molecule has 27 heavy (non-hydrogen) atoms. The molecule has 1 aliphatic rings. The molecule has 0 radical (unpaired) electrons. The van der Waals surface area contributed by atoms with Gasteiger partial charge in [0.25, 0.3) is 5.91 Å². The van der Waals surface area contributed by atoms with Crippen LogP contribution in [0.2, 0.25) is 0 Å². The van der Waals surface area contributed by atoms with Crippen molar-refractivity contribution in [2.24, 2.45) is 0 Å². The highest BCUT2D eigenvalue weighted by molar-refractivity contribution is 5.95. The van der Waals surface area contributed by atoms with E-state index in [2.05, 4.69) is 29.6 Å². The number of amides is 1. The van der Waals surface area contributed by atoms with Crippen molar-refractivity contribution in [1.82, 2.24) is 5.32 Å². The van der Waals surface area contributed by atoms with E-state index in [1.165, 1.54) is 18.4 Å². The van der Waals surface area contributed by atoms with Crippen molar-refractivity contribution in [3.8, 4) is 5.75 Å². The number of benzene rings is 2. The van der Waals surface area contributed by atoms with Gasteiger partial charge < -0.3 is 10.1 Å². The van der Waals surface area contributed by atoms with Crippen LogP contribution in [0.25, 0.3) is 0 Å². The summed E-state index contributed by atoms with van der Waals surface area (Å²) in [5, 5.41) is 3.05. The van der Waals surface area contributed by atoms with Gasteiger partial charge in [0.2, 0.25) is 0 Å². The van der Waals surface area contributed by atoms with Crippen LogP contribution < -0.4 is 10.1 Å². The van der Waals surface area contributed by atoms with Crippen molar-refractivity contribution < 1.29 is 14.3 Å². The van der Waals surface area contributed by atoms with Crippen LogP contribution in [0.3, 0.4) is 0 Å². The molecule has 2 aromatic carbocycles. The highest BCUT2D eigenvalue weighted by Gasteiger charge is 2.35. The molecule has 4 heteroatoms. The number of ether oxygens (including phenoxy) is 1. The fourth-order valence-electron chi connectivity index (χ4n) is 3.82. The quantitative estimate of drug-likeness (QED) is 0.710. The topological polar surface area (TPSA) is 55.4 Å². The van der Waals surface area contributed by atoms with Crippen LogP contribution in [-0.4, -0.2) is 24.8 Å². The zero-order chi connectivity index (χ0) is 19.1. The highest BCUT2D eigenvalue weighted by Crippen LogP contribution is 2.40. The first-order valence-corrected chi connectivity index (χ1v) is 9.71. The summed E-state index contributed by atoms with van der Waals surface area (Å²) in [6.07, 6.45) is 5.08. The van der Waals surface area contributed by atoms with Crippen LogP contribution in [0.4, 0.5) is 0 Å². The van der Waals surface area contributed by atoms with E-state index in [0.717, 1.165) is 12.8 Å². The van der Waals surface area contributed by atoms with E-state index in [9.17, 15) is 9.59 Å². The van der Waals surface area contributed by atoms with Gasteiger partial charge in [-0.1, -0.05) is 50.1 Å². The second kappa shape index (κ2) is 8.85. The molecule has 1 N–H and O–H groups in total. The predicted molar refractivity (Wildman–Crippen MR) is 106 cm³/mol. The van der Waals surface area contributed by atoms with Gasteiger partial charge in [0.1, 0.15) is 5.75 Å². The molecule has 0 unspecified atom stereocenters. The van der Waals surface area contributed by atoms with Gasteiger partial charge in [-0.3, -0.25) is 9.59 Å². The van der Waals surface area contributed by atoms with Gasteiger partial charge in [0.15, 0.2) is 12.4 Å². The standard InChI is InChI=1S/C23H27NO3/c1-2-21(25)18-10-12-20(13-11-18)27-16-22(26)24-17-23(14-6-7-15-23)19-8-4-3-5-9-19/h3-5,8-13H,2,6-7,14-17H2,1H3,(H,24,26). The minimum atomic E-state index is -0.120. The fraction of sp³-hybridized carbons (Fsp3) is 0.391. The van der Waals surface area contributed by atoms with E-state index in [1.54, 1.807) is 24.3 Å². The molecule has 4 nitrogen and oxygen atoms in total. The Hall–Kier alpha value is -2.62. The third kappa shape index (κ3) is 4.76. The SMILES string of the molecule is CCC(=O)c1ccc(OCC(=O)NCC2(c3ccccc3)CCCC2)cc1. The van der Waals surface area contributed by atoms with Crippen LogP contribution in [0, 0.1) is 0 Å². The molecule has 2 aromatic rings. The normalized spacial score (nSPS) is 15.3. The Morgan fingerprint density at radius 2 is 1.67 bits per heavy atom.